The van der Waals surface area contributed by atoms with Gasteiger partial charge in [-0.15, -0.1) is 13.2 Å². The molecule has 0 amide bonds. The second-order valence-corrected chi connectivity index (χ2v) is 1.83. The van der Waals surface area contributed by atoms with E-state index in [2.05, 4.69) is 13.2 Å². The number of rotatable bonds is 4. The molecule has 0 saturated heterocycles. The van der Waals surface area contributed by atoms with E-state index in [1.54, 1.807) is 12.2 Å². The van der Waals surface area contributed by atoms with Crippen LogP contribution in [0.2, 0.25) is 0 Å². The van der Waals surface area contributed by atoms with E-state index in [1.165, 1.54) is 0 Å². The molecule has 0 spiro atoms. The fourth-order valence-corrected chi connectivity index (χ4v) is 0.235. The van der Waals surface area contributed by atoms with Gasteiger partial charge in [-0.3, -0.25) is 4.55 Å². The molecule has 5 heteroatoms. The molecule has 0 rings (SSSR count). The van der Waals surface area contributed by atoms with Crippen LogP contribution < -0.4 is 0 Å². The lowest BCUT2D eigenvalue weighted by Gasteiger charge is -1.89. The molecule has 0 aliphatic rings. The smallest absolute Gasteiger partial charge is 0.254 e. The highest BCUT2D eigenvalue weighted by atomic mass is 32.2. The quantitative estimate of drug-likeness (QED) is 0.285. The maximum atomic E-state index is 8.59. The molecular formula is C6H12O4S. The van der Waals surface area contributed by atoms with Crippen molar-refractivity contribution in [2.45, 2.75) is 0 Å². The van der Waals surface area contributed by atoms with Gasteiger partial charge in [-0.2, -0.15) is 0 Å². The Bertz CT molecular complexity index is 146. The predicted molar refractivity (Wildman–Crippen MR) is 44.2 cm³/mol. The van der Waals surface area contributed by atoms with Crippen molar-refractivity contribution in [3.63, 3.8) is 0 Å². The molecule has 4 nitrogen and oxygen atoms in total. The molecule has 0 unspecified atom stereocenters. The van der Waals surface area contributed by atoms with Crippen LogP contribution in [-0.2, 0) is 15.7 Å². The van der Waals surface area contributed by atoms with Gasteiger partial charge in [0.05, 0.1) is 13.2 Å². The summed E-state index contributed by atoms with van der Waals surface area (Å²) in [6.45, 7) is 8.18. The molecule has 0 aliphatic heterocycles. The zero-order valence-corrected chi connectivity index (χ0v) is 7.00. The normalized spacial score (nSPS) is 8.18. The standard InChI is InChI=1S/C6H10O.H2O3S/c1-3-5-7-6-4-2;1-4(2)3/h3-4H,1-2,5-6H2;4H,(H,1,2,3). The molecule has 0 saturated carbocycles. The molecule has 1 N–H and O–H groups in total. The number of ether oxygens (including phenoxy) is 1. The van der Waals surface area contributed by atoms with Crippen molar-refractivity contribution in [2.75, 3.05) is 13.2 Å². The zero-order valence-electron chi connectivity index (χ0n) is 6.10. The van der Waals surface area contributed by atoms with E-state index in [4.69, 9.17) is 17.7 Å². The van der Waals surface area contributed by atoms with E-state index in [9.17, 15) is 0 Å². The van der Waals surface area contributed by atoms with Gasteiger partial charge in [0, 0.05) is 0 Å². The first kappa shape index (κ1) is 13.0. The minimum absolute atomic E-state index is 0.617. The van der Waals surface area contributed by atoms with Crippen LogP contribution in [0, 0.1) is 0 Å². The van der Waals surface area contributed by atoms with Crippen LogP contribution in [-0.4, -0.2) is 26.2 Å². The van der Waals surface area contributed by atoms with E-state index >= 15 is 0 Å². The largest absolute Gasteiger partial charge is 0.373 e. The van der Waals surface area contributed by atoms with E-state index < -0.39 is 11.0 Å². The fourth-order valence-electron chi connectivity index (χ4n) is 0.235. The molecule has 0 aromatic carbocycles. The maximum absolute atomic E-state index is 8.59. The van der Waals surface area contributed by atoms with Gasteiger partial charge in [0.1, 0.15) is 0 Å². The molecule has 0 aromatic rings. The van der Waals surface area contributed by atoms with E-state index in [0.717, 1.165) is 0 Å². The first-order valence-electron chi connectivity index (χ1n) is 2.78. The van der Waals surface area contributed by atoms with Crippen molar-refractivity contribution in [1.29, 1.82) is 0 Å². The van der Waals surface area contributed by atoms with Crippen molar-refractivity contribution in [2.24, 2.45) is 0 Å². The van der Waals surface area contributed by atoms with Gasteiger partial charge in [-0.05, 0) is 0 Å². The van der Waals surface area contributed by atoms with Crippen LogP contribution >= 0.6 is 0 Å². The number of hydrogen-bond donors (Lipinski definition) is 2. The van der Waals surface area contributed by atoms with Gasteiger partial charge in [0.25, 0.3) is 11.0 Å². The average molecular weight is 180 g/mol. The van der Waals surface area contributed by atoms with Crippen molar-refractivity contribution >= 4 is 11.0 Å². The minimum atomic E-state index is -3.12. The molecule has 0 fully saturated rings. The molecule has 0 radical (unpaired) electrons. The van der Waals surface area contributed by atoms with Crippen molar-refractivity contribution in [1.82, 2.24) is 0 Å². The van der Waals surface area contributed by atoms with E-state index in [1.807, 2.05) is 0 Å². The molecule has 0 bridgehead atoms. The summed E-state index contributed by atoms with van der Waals surface area (Å²) in [6, 6.07) is 0. The number of thiol groups is 1. The highest BCUT2D eigenvalue weighted by molar-refractivity contribution is 7.66. The lowest BCUT2D eigenvalue weighted by molar-refractivity contribution is 0.194. The third-order valence-corrected chi connectivity index (χ3v) is 0.471. The lowest BCUT2D eigenvalue weighted by atomic mass is 10.6. The summed E-state index contributed by atoms with van der Waals surface area (Å²) in [5.74, 6) is 0. The Morgan fingerprint density at radius 1 is 1.27 bits per heavy atom. The van der Waals surface area contributed by atoms with Crippen molar-refractivity contribution in [3.05, 3.63) is 25.3 Å². The Morgan fingerprint density at radius 2 is 1.55 bits per heavy atom. The number of hydrogen-bond acceptors (Lipinski definition) is 3. The van der Waals surface area contributed by atoms with Gasteiger partial charge in [0.15, 0.2) is 0 Å². The molecule has 11 heavy (non-hydrogen) atoms. The van der Waals surface area contributed by atoms with Crippen LogP contribution in [0.4, 0.5) is 0 Å². The minimum Gasteiger partial charge on any atom is -0.373 e. The Morgan fingerprint density at radius 3 is 1.73 bits per heavy atom. The third kappa shape index (κ3) is 45.0. The van der Waals surface area contributed by atoms with Crippen LogP contribution in [0.25, 0.3) is 0 Å². The van der Waals surface area contributed by atoms with Gasteiger partial charge >= 0.3 is 0 Å². The Kier molecular flexibility index (Phi) is 14.2. The molecule has 0 aromatic heterocycles. The molecule has 0 heterocycles. The Hall–Kier alpha value is -0.650. The highest BCUT2D eigenvalue weighted by Gasteiger charge is 1.70. The topological polar surface area (TPSA) is 63.6 Å². The second-order valence-electron chi connectivity index (χ2n) is 1.35. The summed E-state index contributed by atoms with van der Waals surface area (Å²) in [6.07, 6.45) is 3.42. The lowest BCUT2D eigenvalue weighted by Crippen LogP contribution is -1.87. The summed E-state index contributed by atoms with van der Waals surface area (Å²) in [5.41, 5.74) is 0. The maximum Gasteiger partial charge on any atom is 0.254 e. The van der Waals surface area contributed by atoms with Crippen LogP contribution in [0.1, 0.15) is 0 Å². The van der Waals surface area contributed by atoms with Crippen molar-refractivity contribution < 1.29 is 17.7 Å². The summed E-state index contributed by atoms with van der Waals surface area (Å²) in [7, 11) is -3.12. The highest BCUT2D eigenvalue weighted by Crippen LogP contribution is 1.72. The second kappa shape index (κ2) is 12.1. The van der Waals surface area contributed by atoms with Gasteiger partial charge in [-0.1, -0.05) is 12.2 Å². The Balaban J connectivity index is 0. The summed E-state index contributed by atoms with van der Waals surface area (Å²) < 4.78 is 29.1. The van der Waals surface area contributed by atoms with Gasteiger partial charge in [-0.25, -0.2) is 8.42 Å². The van der Waals surface area contributed by atoms with E-state index in [0.29, 0.717) is 13.2 Å². The summed E-state index contributed by atoms with van der Waals surface area (Å²) >= 11 is 0. The zero-order chi connectivity index (χ0) is 9.11. The summed E-state index contributed by atoms with van der Waals surface area (Å²) in [4.78, 5) is 0. The molecule has 0 atom stereocenters. The van der Waals surface area contributed by atoms with E-state index in [-0.39, 0.29) is 0 Å². The van der Waals surface area contributed by atoms with Gasteiger partial charge in [0.2, 0.25) is 0 Å². The average Bonchev–Trinajstić information content (AvgIpc) is 1.88. The summed E-state index contributed by atoms with van der Waals surface area (Å²) in [5, 5.41) is 0. The predicted octanol–water partition coefficient (Wildman–Crippen LogP) is 0.446. The van der Waals surface area contributed by atoms with Crippen molar-refractivity contribution in [3.8, 4) is 0 Å². The SMILES string of the molecule is C=CCOCC=C.O=[SH](=O)O. The fraction of sp³-hybridized carbons (Fsp3) is 0.333. The van der Waals surface area contributed by atoms with Crippen LogP contribution in [0.3, 0.4) is 0 Å². The third-order valence-electron chi connectivity index (χ3n) is 0.471. The molecule has 0 aliphatic carbocycles. The van der Waals surface area contributed by atoms with Gasteiger partial charge < -0.3 is 4.74 Å². The molecule has 66 valence electrons. The monoisotopic (exact) mass is 180 g/mol. The molecular weight excluding hydrogens is 168 g/mol. The first-order chi connectivity index (χ1) is 5.15. The van der Waals surface area contributed by atoms with Crippen LogP contribution in [0.15, 0.2) is 25.3 Å². The Labute approximate surface area is 68.0 Å². The van der Waals surface area contributed by atoms with Crippen LogP contribution in [0.5, 0.6) is 0 Å². The first-order valence-corrected chi connectivity index (χ1v) is 3.91.